The monoisotopic (exact) mass is 333 g/mol. The molecule has 3 rings (SSSR count). The highest BCUT2D eigenvalue weighted by Gasteiger charge is 2.32. The molecule has 0 aliphatic carbocycles. The molecule has 0 spiro atoms. The van der Waals surface area contributed by atoms with Gasteiger partial charge in [-0.1, -0.05) is 12.1 Å². The van der Waals surface area contributed by atoms with E-state index in [1.165, 1.54) is 29.8 Å². The number of nitrogens with zero attached hydrogens (tertiary/aromatic N) is 3. The van der Waals surface area contributed by atoms with Crippen molar-refractivity contribution in [2.75, 3.05) is 6.54 Å². The SMILES string of the molecule is Cn1c(CN2C[C@H](O)C[C@@H]2c2cccc(F)c2)cc(=O)n(C)c1=O. The van der Waals surface area contributed by atoms with E-state index in [0.29, 0.717) is 25.2 Å². The molecule has 7 heteroatoms. The number of likely N-dealkylation sites (tertiary alicyclic amines) is 1. The summed E-state index contributed by atoms with van der Waals surface area (Å²) < 4.78 is 16.0. The van der Waals surface area contributed by atoms with Gasteiger partial charge in [0.05, 0.1) is 6.10 Å². The molecular weight excluding hydrogens is 313 g/mol. The van der Waals surface area contributed by atoms with Gasteiger partial charge >= 0.3 is 5.69 Å². The molecule has 1 aromatic heterocycles. The molecule has 6 nitrogen and oxygen atoms in total. The van der Waals surface area contributed by atoms with Crippen LogP contribution < -0.4 is 11.2 Å². The lowest BCUT2D eigenvalue weighted by Gasteiger charge is -2.25. The molecule has 1 fully saturated rings. The second-order valence-corrected chi connectivity index (χ2v) is 6.26. The highest BCUT2D eigenvalue weighted by atomic mass is 19.1. The fraction of sp³-hybridized carbons (Fsp3) is 0.412. The maximum atomic E-state index is 13.5. The van der Waals surface area contributed by atoms with Crippen LogP contribution in [0.2, 0.25) is 0 Å². The topological polar surface area (TPSA) is 67.5 Å². The average molecular weight is 333 g/mol. The molecule has 2 atom stereocenters. The lowest BCUT2D eigenvalue weighted by atomic mass is 10.0. The van der Waals surface area contributed by atoms with Crippen LogP contribution in [-0.2, 0) is 20.6 Å². The number of aromatic nitrogens is 2. The van der Waals surface area contributed by atoms with Crippen molar-refractivity contribution in [3.8, 4) is 0 Å². The van der Waals surface area contributed by atoms with Crippen molar-refractivity contribution < 1.29 is 9.50 Å². The van der Waals surface area contributed by atoms with Gasteiger partial charge in [-0.15, -0.1) is 0 Å². The maximum absolute atomic E-state index is 13.5. The molecule has 0 unspecified atom stereocenters. The smallest absolute Gasteiger partial charge is 0.330 e. The van der Waals surface area contributed by atoms with E-state index in [4.69, 9.17) is 0 Å². The summed E-state index contributed by atoms with van der Waals surface area (Å²) in [5.41, 5.74) is 0.591. The quantitative estimate of drug-likeness (QED) is 0.890. The van der Waals surface area contributed by atoms with Gasteiger partial charge in [-0.05, 0) is 24.1 Å². The van der Waals surface area contributed by atoms with E-state index < -0.39 is 6.10 Å². The van der Waals surface area contributed by atoms with E-state index in [9.17, 15) is 19.1 Å². The van der Waals surface area contributed by atoms with E-state index in [1.54, 1.807) is 13.1 Å². The summed E-state index contributed by atoms with van der Waals surface area (Å²) in [5.74, 6) is -0.324. The molecule has 2 aromatic rings. The van der Waals surface area contributed by atoms with Crippen molar-refractivity contribution in [3.05, 3.63) is 68.2 Å². The summed E-state index contributed by atoms with van der Waals surface area (Å²) in [6.07, 6.45) is -0.0377. The Morgan fingerprint density at radius 3 is 2.67 bits per heavy atom. The first-order valence-electron chi connectivity index (χ1n) is 7.80. The zero-order chi connectivity index (χ0) is 17.4. The number of β-amino-alcohol motifs (C(OH)–C–C–N with tert-alkyl or cyclic N) is 1. The second kappa shape index (κ2) is 6.33. The van der Waals surface area contributed by atoms with Crippen molar-refractivity contribution in [2.24, 2.45) is 14.1 Å². The van der Waals surface area contributed by atoms with Gasteiger partial charge in [0.25, 0.3) is 5.56 Å². The van der Waals surface area contributed by atoms with Gasteiger partial charge in [-0.3, -0.25) is 18.8 Å². The number of hydrogen-bond donors (Lipinski definition) is 1. The van der Waals surface area contributed by atoms with E-state index in [0.717, 1.165) is 10.1 Å². The van der Waals surface area contributed by atoms with Gasteiger partial charge in [-0.25, -0.2) is 9.18 Å². The summed E-state index contributed by atoms with van der Waals surface area (Å²) in [6, 6.07) is 7.57. The predicted molar refractivity (Wildman–Crippen MR) is 87.1 cm³/mol. The summed E-state index contributed by atoms with van der Waals surface area (Å²) in [4.78, 5) is 25.9. The molecule has 0 saturated carbocycles. The fourth-order valence-electron chi connectivity index (χ4n) is 3.25. The van der Waals surface area contributed by atoms with E-state index in [1.807, 2.05) is 11.0 Å². The highest BCUT2D eigenvalue weighted by molar-refractivity contribution is 5.22. The summed E-state index contributed by atoms with van der Waals surface area (Å²) in [6.45, 7) is 0.741. The maximum Gasteiger partial charge on any atom is 0.330 e. The van der Waals surface area contributed by atoms with Crippen LogP contribution >= 0.6 is 0 Å². The normalized spacial score (nSPS) is 21.3. The second-order valence-electron chi connectivity index (χ2n) is 6.26. The summed E-state index contributed by atoms with van der Waals surface area (Å²) >= 11 is 0. The first kappa shape index (κ1) is 16.6. The Bertz CT molecular complexity index is 874. The molecule has 1 aliphatic rings. The van der Waals surface area contributed by atoms with Gasteiger partial charge in [0.1, 0.15) is 5.82 Å². The zero-order valence-corrected chi connectivity index (χ0v) is 13.6. The molecule has 1 aliphatic heterocycles. The molecule has 1 N–H and O–H groups in total. The molecule has 24 heavy (non-hydrogen) atoms. The van der Waals surface area contributed by atoms with Gasteiger partial charge in [0.15, 0.2) is 0 Å². The van der Waals surface area contributed by atoms with Gasteiger partial charge in [0, 0.05) is 45.0 Å². The van der Waals surface area contributed by atoms with Crippen LogP contribution in [0.4, 0.5) is 4.39 Å². The van der Waals surface area contributed by atoms with Crippen LogP contribution in [0.5, 0.6) is 0 Å². The van der Waals surface area contributed by atoms with E-state index in [2.05, 4.69) is 0 Å². The lowest BCUT2D eigenvalue weighted by molar-refractivity contribution is 0.171. The Hall–Kier alpha value is -2.25. The molecule has 1 saturated heterocycles. The molecule has 0 amide bonds. The van der Waals surface area contributed by atoms with Crippen LogP contribution in [0, 0.1) is 5.82 Å². The van der Waals surface area contributed by atoms with Crippen LogP contribution in [0.15, 0.2) is 39.9 Å². The number of aliphatic hydroxyl groups is 1. The van der Waals surface area contributed by atoms with Gasteiger partial charge in [0.2, 0.25) is 0 Å². The molecule has 0 bridgehead atoms. The molecule has 1 aromatic carbocycles. The fourth-order valence-corrected chi connectivity index (χ4v) is 3.25. The molecule has 128 valence electrons. The molecular formula is C17H20FN3O3. The largest absolute Gasteiger partial charge is 0.392 e. The first-order chi connectivity index (χ1) is 11.4. The van der Waals surface area contributed by atoms with Crippen molar-refractivity contribution in [3.63, 3.8) is 0 Å². The Labute approximate surface area is 138 Å². The minimum absolute atomic E-state index is 0.158. The van der Waals surface area contributed by atoms with Crippen LogP contribution in [0.1, 0.15) is 23.7 Å². The number of aliphatic hydroxyl groups excluding tert-OH is 1. The highest BCUT2D eigenvalue weighted by Crippen LogP contribution is 2.33. The number of hydrogen-bond acceptors (Lipinski definition) is 4. The Kier molecular flexibility index (Phi) is 4.38. The van der Waals surface area contributed by atoms with E-state index >= 15 is 0 Å². The number of halogens is 1. The van der Waals surface area contributed by atoms with Crippen molar-refractivity contribution in [1.29, 1.82) is 0 Å². The third-order valence-electron chi connectivity index (χ3n) is 4.61. The Balaban J connectivity index is 1.94. The standard InChI is InChI=1S/C17H20FN3O3/c1-19-13(7-16(23)20(2)17(19)24)9-21-10-14(22)8-15(21)11-4-3-5-12(18)6-11/h3-7,14-15,22H,8-10H2,1-2H3/t14-,15-/m1/s1. The third-order valence-corrected chi connectivity index (χ3v) is 4.61. The summed E-state index contributed by atoms with van der Waals surface area (Å²) in [5, 5.41) is 10.0. The first-order valence-corrected chi connectivity index (χ1v) is 7.80. The van der Waals surface area contributed by atoms with Crippen molar-refractivity contribution in [2.45, 2.75) is 25.1 Å². The van der Waals surface area contributed by atoms with Gasteiger partial charge in [-0.2, -0.15) is 0 Å². The Morgan fingerprint density at radius 2 is 1.96 bits per heavy atom. The average Bonchev–Trinajstić information content (AvgIpc) is 2.91. The van der Waals surface area contributed by atoms with Crippen LogP contribution in [-0.4, -0.2) is 31.8 Å². The minimum atomic E-state index is -0.526. The van der Waals surface area contributed by atoms with Crippen LogP contribution in [0.25, 0.3) is 0 Å². The lowest BCUT2D eigenvalue weighted by Crippen LogP contribution is -2.39. The minimum Gasteiger partial charge on any atom is -0.392 e. The number of rotatable bonds is 3. The van der Waals surface area contributed by atoms with Crippen molar-refractivity contribution in [1.82, 2.24) is 14.0 Å². The van der Waals surface area contributed by atoms with E-state index in [-0.39, 0.29) is 23.1 Å². The zero-order valence-electron chi connectivity index (χ0n) is 13.6. The number of benzene rings is 1. The van der Waals surface area contributed by atoms with Gasteiger partial charge < -0.3 is 5.11 Å². The Morgan fingerprint density at radius 1 is 1.21 bits per heavy atom. The summed E-state index contributed by atoms with van der Waals surface area (Å²) in [7, 11) is 3.05. The van der Waals surface area contributed by atoms with Crippen molar-refractivity contribution >= 4 is 0 Å². The molecule has 2 heterocycles. The molecule has 0 radical (unpaired) electrons. The van der Waals surface area contributed by atoms with Crippen LogP contribution in [0.3, 0.4) is 0 Å². The third kappa shape index (κ3) is 3.05. The predicted octanol–water partition coefficient (Wildman–Crippen LogP) is 0.531.